The Morgan fingerprint density at radius 2 is 2.00 bits per heavy atom. The van der Waals surface area contributed by atoms with E-state index in [1.165, 1.54) is 12.0 Å². The predicted molar refractivity (Wildman–Crippen MR) is 67.4 cm³/mol. The number of hydrogen-bond donors (Lipinski definition) is 0. The van der Waals surface area contributed by atoms with E-state index in [0.717, 1.165) is 0 Å². The summed E-state index contributed by atoms with van der Waals surface area (Å²) in [5.41, 5.74) is -0.798. The number of rotatable bonds is 2. The monoisotopic (exact) mass is 265 g/mol. The summed E-state index contributed by atoms with van der Waals surface area (Å²) in [5.74, 6) is -0.939. The fourth-order valence-corrected chi connectivity index (χ4v) is 2.46. The predicted octanol–water partition coefficient (Wildman–Crippen LogP) is 1.80. The number of likely N-dealkylation sites (tertiary alicyclic amines) is 1. The molecule has 102 valence electrons. The Morgan fingerprint density at radius 3 is 2.58 bits per heavy atom. The summed E-state index contributed by atoms with van der Waals surface area (Å²) < 4.78 is 18.3. The standard InChI is InChI=1S/C14H16FNO3/c1-14(13(18)19-2)8-11(15)9-16(14)12(17)10-6-4-3-5-7-10/h3-7,11H,8-9H2,1-2H3/t11-,14+/m1/s1. The molecule has 1 aromatic carbocycles. The van der Waals surface area contributed by atoms with Crippen molar-refractivity contribution in [2.75, 3.05) is 13.7 Å². The van der Waals surface area contributed by atoms with Crippen molar-refractivity contribution >= 4 is 11.9 Å². The van der Waals surface area contributed by atoms with Crippen molar-refractivity contribution in [3.8, 4) is 0 Å². The lowest BCUT2D eigenvalue weighted by molar-refractivity contribution is -0.151. The molecule has 2 rings (SSSR count). The van der Waals surface area contributed by atoms with Crippen LogP contribution in [0.3, 0.4) is 0 Å². The van der Waals surface area contributed by atoms with Gasteiger partial charge in [0.05, 0.1) is 13.7 Å². The molecule has 1 heterocycles. The average molecular weight is 265 g/mol. The highest BCUT2D eigenvalue weighted by molar-refractivity contribution is 5.98. The highest BCUT2D eigenvalue weighted by atomic mass is 19.1. The number of benzene rings is 1. The molecule has 4 nitrogen and oxygen atoms in total. The molecular formula is C14H16FNO3. The molecule has 1 aromatic rings. The molecule has 0 bridgehead atoms. The van der Waals surface area contributed by atoms with E-state index in [0.29, 0.717) is 5.56 Å². The highest BCUT2D eigenvalue weighted by Gasteiger charge is 2.51. The van der Waals surface area contributed by atoms with Crippen LogP contribution in [0.15, 0.2) is 30.3 Å². The number of carbonyl (C=O) groups excluding carboxylic acids is 2. The van der Waals surface area contributed by atoms with Crippen molar-refractivity contribution in [2.45, 2.75) is 25.1 Å². The number of amides is 1. The van der Waals surface area contributed by atoms with Gasteiger partial charge in [-0.15, -0.1) is 0 Å². The van der Waals surface area contributed by atoms with E-state index >= 15 is 0 Å². The van der Waals surface area contributed by atoms with Crippen molar-refractivity contribution in [3.63, 3.8) is 0 Å². The first-order valence-corrected chi connectivity index (χ1v) is 6.08. The molecule has 0 N–H and O–H groups in total. The summed E-state index contributed by atoms with van der Waals surface area (Å²) in [4.78, 5) is 25.5. The van der Waals surface area contributed by atoms with E-state index in [1.807, 2.05) is 0 Å². The Balaban J connectivity index is 2.32. The molecule has 0 aliphatic carbocycles. The normalized spacial score (nSPS) is 26.3. The number of nitrogens with zero attached hydrogens (tertiary/aromatic N) is 1. The second-order valence-electron chi connectivity index (χ2n) is 4.85. The fourth-order valence-electron chi connectivity index (χ4n) is 2.46. The minimum atomic E-state index is -1.24. The Kier molecular flexibility index (Phi) is 3.55. The van der Waals surface area contributed by atoms with Gasteiger partial charge < -0.3 is 9.64 Å². The van der Waals surface area contributed by atoms with E-state index in [-0.39, 0.29) is 18.9 Å². The van der Waals surface area contributed by atoms with Gasteiger partial charge in [-0.25, -0.2) is 9.18 Å². The van der Waals surface area contributed by atoms with Crippen LogP contribution in [-0.4, -0.2) is 42.1 Å². The number of methoxy groups -OCH3 is 1. The third-order valence-electron chi connectivity index (χ3n) is 3.49. The molecule has 0 radical (unpaired) electrons. The van der Waals surface area contributed by atoms with Gasteiger partial charge in [-0.3, -0.25) is 4.79 Å². The molecule has 1 aliphatic heterocycles. The second kappa shape index (κ2) is 4.99. The maximum atomic E-state index is 13.6. The van der Waals surface area contributed by atoms with Crippen molar-refractivity contribution < 1.29 is 18.7 Å². The van der Waals surface area contributed by atoms with Gasteiger partial charge in [0.15, 0.2) is 0 Å². The van der Waals surface area contributed by atoms with Crippen molar-refractivity contribution in [1.82, 2.24) is 4.90 Å². The van der Waals surface area contributed by atoms with Crippen LogP contribution in [-0.2, 0) is 9.53 Å². The molecule has 0 spiro atoms. The maximum Gasteiger partial charge on any atom is 0.331 e. The van der Waals surface area contributed by atoms with Gasteiger partial charge in [-0.2, -0.15) is 0 Å². The molecule has 0 unspecified atom stereocenters. The van der Waals surface area contributed by atoms with E-state index in [1.54, 1.807) is 37.3 Å². The van der Waals surface area contributed by atoms with Crippen LogP contribution >= 0.6 is 0 Å². The Labute approximate surface area is 111 Å². The molecule has 1 fully saturated rings. The molecule has 5 heteroatoms. The zero-order valence-electron chi connectivity index (χ0n) is 10.9. The average Bonchev–Trinajstić information content (AvgIpc) is 2.74. The summed E-state index contributed by atoms with van der Waals surface area (Å²) in [6, 6.07) is 8.53. The molecule has 1 aliphatic rings. The quantitative estimate of drug-likeness (QED) is 0.766. The molecule has 1 amide bonds. The molecule has 0 saturated carbocycles. The number of carbonyl (C=O) groups is 2. The van der Waals surface area contributed by atoms with E-state index in [2.05, 4.69) is 0 Å². The molecule has 1 saturated heterocycles. The van der Waals surface area contributed by atoms with Crippen LogP contribution < -0.4 is 0 Å². The summed E-state index contributed by atoms with van der Waals surface area (Å²) in [6.07, 6.45) is -1.24. The van der Waals surface area contributed by atoms with Gasteiger partial charge in [-0.05, 0) is 19.1 Å². The molecule has 2 atom stereocenters. The number of halogens is 1. The Bertz CT molecular complexity index is 491. The van der Waals surface area contributed by atoms with Crippen LogP contribution in [0.4, 0.5) is 4.39 Å². The van der Waals surface area contributed by atoms with Crippen LogP contribution in [0.2, 0.25) is 0 Å². The third-order valence-corrected chi connectivity index (χ3v) is 3.49. The summed E-state index contributed by atoms with van der Waals surface area (Å²) in [7, 11) is 1.24. The van der Waals surface area contributed by atoms with Crippen LogP contribution in [0.1, 0.15) is 23.7 Å². The Morgan fingerprint density at radius 1 is 1.37 bits per heavy atom. The number of alkyl halides is 1. The summed E-state index contributed by atoms with van der Waals surface area (Å²) in [5, 5.41) is 0. The fraction of sp³-hybridized carbons (Fsp3) is 0.429. The van der Waals surface area contributed by atoms with Gasteiger partial charge in [0.25, 0.3) is 5.91 Å². The minimum absolute atomic E-state index is 0.0295. The lowest BCUT2D eigenvalue weighted by Gasteiger charge is -2.32. The summed E-state index contributed by atoms with van der Waals surface area (Å²) in [6.45, 7) is 1.46. The second-order valence-corrected chi connectivity index (χ2v) is 4.85. The first kappa shape index (κ1) is 13.5. The van der Waals surface area contributed by atoms with Gasteiger partial charge in [-0.1, -0.05) is 18.2 Å². The van der Waals surface area contributed by atoms with Gasteiger partial charge in [0.1, 0.15) is 11.7 Å². The largest absolute Gasteiger partial charge is 0.467 e. The zero-order chi connectivity index (χ0) is 14.0. The first-order valence-electron chi connectivity index (χ1n) is 6.08. The molecular weight excluding hydrogens is 249 g/mol. The van der Waals surface area contributed by atoms with Crippen molar-refractivity contribution in [1.29, 1.82) is 0 Å². The van der Waals surface area contributed by atoms with Crippen LogP contribution in [0.5, 0.6) is 0 Å². The lowest BCUT2D eigenvalue weighted by atomic mass is 9.98. The van der Waals surface area contributed by atoms with Crippen LogP contribution in [0, 0.1) is 0 Å². The highest BCUT2D eigenvalue weighted by Crippen LogP contribution is 2.33. The first-order chi connectivity index (χ1) is 8.99. The molecule has 0 aromatic heterocycles. The Hall–Kier alpha value is -1.91. The van der Waals surface area contributed by atoms with Crippen LogP contribution in [0.25, 0.3) is 0 Å². The minimum Gasteiger partial charge on any atom is -0.467 e. The van der Waals surface area contributed by atoms with Gasteiger partial charge in [0.2, 0.25) is 0 Å². The number of ether oxygens (including phenoxy) is 1. The molecule has 19 heavy (non-hydrogen) atoms. The summed E-state index contributed by atoms with van der Waals surface area (Å²) >= 11 is 0. The van der Waals surface area contributed by atoms with E-state index in [4.69, 9.17) is 4.74 Å². The van der Waals surface area contributed by atoms with Gasteiger partial charge >= 0.3 is 5.97 Å². The smallest absolute Gasteiger partial charge is 0.331 e. The lowest BCUT2D eigenvalue weighted by Crippen LogP contribution is -2.51. The number of esters is 1. The van der Waals surface area contributed by atoms with E-state index < -0.39 is 17.7 Å². The number of hydrogen-bond acceptors (Lipinski definition) is 3. The van der Waals surface area contributed by atoms with Gasteiger partial charge in [0, 0.05) is 12.0 Å². The zero-order valence-corrected chi connectivity index (χ0v) is 10.9. The maximum absolute atomic E-state index is 13.6. The van der Waals surface area contributed by atoms with Crippen molar-refractivity contribution in [2.24, 2.45) is 0 Å². The SMILES string of the molecule is COC(=O)[C@]1(C)C[C@@H](F)CN1C(=O)c1ccccc1. The van der Waals surface area contributed by atoms with E-state index in [9.17, 15) is 14.0 Å². The topological polar surface area (TPSA) is 46.6 Å². The third kappa shape index (κ3) is 2.32. The van der Waals surface area contributed by atoms with Crippen molar-refractivity contribution in [3.05, 3.63) is 35.9 Å².